The molecule has 1 aliphatic rings. The lowest BCUT2D eigenvalue weighted by molar-refractivity contribution is 0.0948. The van der Waals surface area contributed by atoms with Crippen LogP contribution in [-0.4, -0.2) is 56.6 Å². The molecule has 0 aliphatic heterocycles. The summed E-state index contributed by atoms with van der Waals surface area (Å²) in [4.78, 5) is 13.7. The van der Waals surface area contributed by atoms with E-state index in [0.29, 0.717) is 12.6 Å². The van der Waals surface area contributed by atoms with Gasteiger partial charge in [0.15, 0.2) is 5.69 Å². The van der Waals surface area contributed by atoms with Crippen molar-refractivity contribution in [1.29, 1.82) is 0 Å². The van der Waals surface area contributed by atoms with Crippen LogP contribution < -0.4 is 11.3 Å². The third-order valence-corrected chi connectivity index (χ3v) is 3.71. The van der Waals surface area contributed by atoms with Gasteiger partial charge in [-0.1, -0.05) is 11.6 Å². The van der Waals surface area contributed by atoms with E-state index in [4.69, 9.17) is 10.9 Å². The molecule has 8 nitrogen and oxygen atoms in total. The lowest BCUT2D eigenvalue weighted by atomic mass is 9.91. The summed E-state index contributed by atoms with van der Waals surface area (Å²) in [6.45, 7) is 2.63. The summed E-state index contributed by atoms with van der Waals surface area (Å²) in [5, 5.41) is 16.6. The highest BCUT2D eigenvalue weighted by Gasteiger charge is 2.24. The molecule has 0 radical (unpaired) electrons. The Kier molecular flexibility index (Phi) is 5.45. The minimum absolute atomic E-state index is 0.216. The number of hydrazine groups is 1. The summed E-state index contributed by atoms with van der Waals surface area (Å²) in [5.41, 5.74) is 2.25. The van der Waals surface area contributed by atoms with Crippen LogP contribution in [-0.2, 0) is 6.54 Å². The SMILES string of the molecule is NNC(=O)c1cn(CCN(CCCO)C2CCC2)nn1. The molecule has 20 heavy (non-hydrogen) atoms. The Balaban J connectivity index is 1.84. The average molecular weight is 282 g/mol. The van der Waals surface area contributed by atoms with Crippen LogP contribution in [0.5, 0.6) is 0 Å². The Morgan fingerprint density at radius 3 is 2.95 bits per heavy atom. The fourth-order valence-electron chi connectivity index (χ4n) is 2.32. The van der Waals surface area contributed by atoms with Crippen LogP contribution >= 0.6 is 0 Å². The summed E-state index contributed by atoms with van der Waals surface area (Å²) in [7, 11) is 0. The molecule has 1 heterocycles. The van der Waals surface area contributed by atoms with E-state index in [1.54, 1.807) is 10.9 Å². The van der Waals surface area contributed by atoms with Crippen LogP contribution in [0.15, 0.2) is 6.20 Å². The van der Waals surface area contributed by atoms with Gasteiger partial charge in [0.25, 0.3) is 5.91 Å². The van der Waals surface area contributed by atoms with Gasteiger partial charge in [-0.3, -0.25) is 19.8 Å². The second kappa shape index (κ2) is 7.32. The van der Waals surface area contributed by atoms with Crippen LogP contribution in [0.1, 0.15) is 36.2 Å². The zero-order valence-corrected chi connectivity index (χ0v) is 11.5. The van der Waals surface area contributed by atoms with Gasteiger partial charge >= 0.3 is 0 Å². The molecule has 112 valence electrons. The van der Waals surface area contributed by atoms with E-state index in [-0.39, 0.29) is 12.3 Å². The highest BCUT2D eigenvalue weighted by Crippen LogP contribution is 2.24. The van der Waals surface area contributed by atoms with E-state index in [2.05, 4.69) is 15.2 Å². The molecule has 1 saturated carbocycles. The predicted octanol–water partition coefficient (Wildman–Crippen LogP) is -0.881. The highest BCUT2D eigenvalue weighted by molar-refractivity contribution is 5.91. The number of aliphatic hydroxyl groups is 1. The van der Waals surface area contributed by atoms with Gasteiger partial charge in [0.05, 0.1) is 12.7 Å². The van der Waals surface area contributed by atoms with E-state index in [9.17, 15) is 4.79 Å². The van der Waals surface area contributed by atoms with Crippen molar-refractivity contribution in [3.63, 3.8) is 0 Å². The molecule has 1 aliphatic carbocycles. The number of nitrogen functional groups attached to an aromatic ring is 1. The quantitative estimate of drug-likeness (QED) is 0.324. The third kappa shape index (κ3) is 3.75. The summed E-state index contributed by atoms with van der Waals surface area (Å²) in [5.74, 6) is 4.61. The number of aromatic nitrogens is 3. The maximum absolute atomic E-state index is 11.3. The van der Waals surface area contributed by atoms with E-state index < -0.39 is 5.91 Å². The first-order valence-electron chi connectivity index (χ1n) is 7.00. The monoisotopic (exact) mass is 282 g/mol. The molecule has 2 rings (SSSR count). The van der Waals surface area contributed by atoms with Crippen molar-refractivity contribution < 1.29 is 9.90 Å². The number of aliphatic hydroxyl groups excluding tert-OH is 1. The first-order chi connectivity index (χ1) is 9.74. The van der Waals surface area contributed by atoms with Crippen LogP contribution in [0.3, 0.4) is 0 Å². The van der Waals surface area contributed by atoms with Crippen LogP contribution in [0.4, 0.5) is 0 Å². The first-order valence-corrected chi connectivity index (χ1v) is 7.00. The lowest BCUT2D eigenvalue weighted by Crippen LogP contribution is -2.42. The van der Waals surface area contributed by atoms with Crippen LogP contribution in [0.25, 0.3) is 0 Å². The molecule has 0 unspecified atom stereocenters. The maximum Gasteiger partial charge on any atom is 0.287 e. The van der Waals surface area contributed by atoms with Crippen LogP contribution in [0, 0.1) is 0 Å². The van der Waals surface area contributed by atoms with E-state index in [1.165, 1.54) is 19.3 Å². The molecule has 0 aromatic carbocycles. The zero-order valence-electron chi connectivity index (χ0n) is 11.5. The maximum atomic E-state index is 11.3. The molecule has 0 bridgehead atoms. The van der Waals surface area contributed by atoms with Gasteiger partial charge in [-0.25, -0.2) is 5.84 Å². The number of hydrogen-bond acceptors (Lipinski definition) is 6. The van der Waals surface area contributed by atoms with Crippen molar-refractivity contribution in [3.8, 4) is 0 Å². The second-order valence-electron chi connectivity index (χ2n) is 5.04. The van der Waals surface area contributed by atoms with Crippen LogP contribution in [0.2, 0.25) is 0 Å². The standard InChI is InChI=1S/C12H22N6O2/c13-14-12(20)11-9-18(16-15-11)7-6-17(5-2-8-19)10-3-1-4-10/h9-10,19H,1-8,13H2,(H,14,20). The molecule has 0 spiro atoms. The number of nitrogens with zero attached hydrogens (tertiary/aromatic N) is 4. The molecule has 0 atom stereocenters. The number of nitrogens with one attached hydrogen (secondary N) is 1. The zero-order chi connectivity index (χ0) is 14.4. The Morgan fingerprint density at radius 1 is 1.55 bits per heavy atom. The van der Waals surface area contributed by atoms with Crippen molar-refractivity contribution in [2.75, 3.05) is 19.7 Å². The molecule has 1 fully saturated rings. The minimum atomic E-state index is -0.438. The fraction of sp³-hybridized carbons (Fsp3) is 0.750. The summed E-state index contributed by atoms with van der Waals surface area (Å²) in [6.07, 6.45) is 6.11. The largest absolute Gasteiger partial charge is 0.396 e. The van der Waals surface area contributed by atoms with Crippen molar-refractivity contribution in [2.24, 2.45) is 5.84 Å². The number of carbonyl (C=O) groups is 1. The highest BCUT2D eigenvalue weighted by atomic mass is 16.3. The van der Waals surface area contributed by atoms with Gasteiger partial charge in [0.1, 0.15) is 0 Å². The average Bonchev–Trinajstić information content (AvgIpc) is 2.87. The molecule has 1 aromatic heterocycles. The number of carbonyl (C=O) groups excluding carboxylic acids is 1. The molecule has 8 heteroatoms. The Morgan fingerprint density at radius 2 is 2.35 bits per heavy atom. The van der Waals surface area contributed by atoms with Crippen molar-refractivity contribution >= 4 is 5.91 Å². The first kappa shape index (κ1) is 14.9. The normalized spacial score (nSPS) is 15.3. The van der Waals surface area contributed by atoms with Crippen molar-refractivity contribution in [1.82, 2.24) is 25.3 Å². The molecule has 4 N–H and O–H groups in total. The summed E-state index contributed by atoms with van der Waals surface area (Å²) >= 11 is 0. The fourth-order valence-corrected chi connectivity index (χ4v) is 2.32. The van der Waals surface area contributed by atoms with E-state index in [0.717, 1.165) is 19.5 Å². The number of hydrogen-bond donors (Lipinski definition) is 3. The van der Waals surface area contributed by atoms with Crippen molar-refractivity contribution in [3.05, 3.63) is 11.9 Å². The van der Waals surface area contributed by atoms with E-state index in [1.807, 2.05) is 5.43 Å². The third-order valence-electron chi connectivity index (χ3n) is 3.71. The van der Waals surface area contributed by atoms with Gasteiger partial charge in [0, 0.05) is 25.7 Å². The van der Waals surface area contributed by atoms with E-state index >= 15 is 0 Å². The van der Waals surface area contributed by atoms with Gasteiger partial charge in [-0.05, 0) is 19.3 Å². The second-order valence-corrected chi connectivity index (χ2v) is 5.04. The summed E-state index contributed by atoms with van der Waals surface area (Å²) in [6, 6.07) is 0.622. The lowest BCUT2D eigenvalue weighted by Gasteiger charge is -2.37. The summed E-state index contributed by atoms with van der Waals surface area (Å²) < 4.78 is 1.65. The van der Waals surface area contributed by atoms with Crippen molar-refractivity contribution in [2.45, 2.75) is 38.3 Å². The smallest absolute Gasteiger partial charge is 0.287 e. The minimum Gasteiger partial charge on any atom is -0.396 e. The Hall–Kier alpha value is -1.51. The number of nitrogens with two attached hydrogens (primary N) is 1. The Labute approximate surface area is 117 Å². The predicted molar refractivity (Wildman–Crippen MR) is 72.6 cm³/mol. The molecule has 1 aromatic rings. The molecular formula is C12H22N6O2. The number of rotatable bonds is 8. The molecule has 0 saturated heterocycles. The number of amides is 1. The van der Waals surface area contributed by atoms with Gasteiger partial charge < -0.3 is 5.11 Å². The topological polar surface area (TPSA) is 109 Å². The molecule has 1 amide bonds. The van der Waals surface area contributed by atoms with Gasteiger partial charge in [0.2, 0.25) is 0 Å². The Bertz CT molecular complexity index is 431. The van der Waals surface area contributed by atoms with Gasteiger partial charge in [-0.2, -0.15) is 0 Å². The molecular weight excluding hydrogens is 260 g/mol. The van der Waals surface area contributed by atoms with Gasteiger partial charge in [-0.15, -0.1) is 5.10 Å².